The summed E-state index contributed by atoms with van der Waals surface area (Å²) in [5, 5.41) is 2.84. The molecular weight excluding hydrogens is 216 g/mol. The van der Waals surface area contributed by atoms with Gasteiger partial charge in [0.1, 0.15) is 21.5 Å². The fraction of sp³-hybridized carbons (Fsp3) is 0.375. The topological polar surface area (TPSA) is 111 Å². The predicted octanol–water partition coefficient (Wildman–Crippen LogP) is -0.297. The number of nitrogens with zero attached hydrogens (tertiary/aromatic N) is 1. The highest BCUT2D eigenvalue weighted by Crippen LogP contribution is 2.14. The lowest BCUT2D eigenvalue weighted by Crippen LogP contribution is -2.15. The van der Waals surface area contributed by atoms with E-state index in [1.165, 1.54) is 6.26 Å². The molecule has 0 saturated heterocycles. The fourth-order valence-corrected chi connectivity index (χ4v) is 1.42. The maximum Gasteiger partial charge on any atom is 0.149 e. The van der Waals surface area contributed by atoms with Crippen molar-refractivity contribution in [2.45, 2.75) is 0 Å². The lowest BCUT2D eigenvalue weighted by atomic mass is 10.4. The van der Waals surface area contributed by atoms with E-state index in [1.54, 1.807) is 12.1 Å². The van der Waals surface area contributed by atoms with E-state index in [0.717, 1.165) is 0 Å². The van der Waals surface area contributed by atoms with E-state index in [-0.39, 0.29) is 11.6 Å². The molecule has 0 aromatic carbocycles. The van der Waals surface area contributed by atoms with Crippen LogP contribution in [-0.4, -0.2) is 32.0 Å². The van der Waals surface area contributed by atoms with E-state index >= 15 is 0 Å². The average molecular weight is 230 g/mol. The van der Waals surface area contributed by atoms with E-state index in [0.29, 0.717) is 18.1 Å². The van der Waals surface area contributed by atoms with Gasteiger partial charge in [0.25, 0.3) is 0 Å². The van der Waals surface area contributed by atoms with Crippen LogP contribution in [0.15, 0.2) is 12.1 Å². The summed E-state index contributed by atoms with van der Waals surface area (Å²) in [7, 11) is -2.96. The molecule has 1 rings (SSSR count). The molecule has 0 fully saturated rings. The van der Waals surface area contributed by atoms with Gasteiger partial charge in [-0.15, -0.1) is 0 Å². The molecule has 1 aromatic heterocycles. The molecule has 5 N–H and O–H groups in total. The molecule has 0 aliphatic rings. The number of aromatic nitrogens is 1. The largest absolute Gasteiger partial charge is 0.396 e. The molecule has 0 radical (unpaired) electrons. The summed E-state index contributed by atoms with van der Waals surface area (Å²) in [6.45, 7) is 0.301. The van der Waals surface area contributed by atoms with Crippen LogP contribution in [0.5, 0.6) is 0 Å². The second-order valence-corrected chi connectivity index (χ2v) is 5.49. The van der Waals surface area contributed by atoms with Crippen LogP contribution in [0.4, 0.5) is 17.3 Å². The third-order valence-electron chi connectivity index (χ3n) is 1.74. The number of hydrogen-bond acceptors (Lipinski definition) is 6. The minimum absolute atomic E-state index is 0.0545. The monoisotopic (exact) mass is 230 g/mol. The smallest absolute Gasteiger partial charge is 0.149 e. The molecule has 7 heteroatoms. The van der Waals surface area contributed by atoms with Gasteiger partial charge in [0.15, 0.2) is 0 Å². The van der Waals surface area contributed by atoms with Crippen molar-refractivity contribution >= 4 is 27.2 Å². The molecule has 1 heterocycles. The molecule has 6 nitrogen and oxygen atoms in total. The van der Waals surface area contributed by atoms with Crippen molar-refractivity contribution in [3.05, 3.63) is 12.1 Å². The van der Waals surface area contributed by atoms with E-state index in [9.17, 15) is 8.42 Å². The number of pyridine rings is 1. The highest BCUT2D eigenvalue weighted by Gasteiger charge is 2.02. The van der Waals surface area contributed by atoms with Crippen LogP contribution in [0.3, 0.4) is 0 Å². The molecule has 1 aromatic rings. The molecular formula is C8H14N4O2S. The minimum atomic E-state index is -2.96. The summed E-state index contributed by atoms with van der Waals surface area (Å²) in [5.41, 5.74) is 11.4. The first kappa shape index (κ1) is 11.6. The first-order chi connectivity index (χ1) is 6.88. The standard InChI is InChI=1S/C8H14N4O2S/c1-15(13,14)5-4-11-7-3-2-6(9)8(10)12-7/h2-3H,4-5,9H2,1H3,(H3,10,11,12). The van der Waals surface area contributed by atoms with Gasteiger partial charge >= 0.3 is 0 Å². The van der Waals surface area contributed by atoms with Crippen molar-refractivity contribution in [1.82, 2.24) is 4.98 Å². The number of sulfone groups is 1. The minimum Gasteiger partial charge on any atom is -0.396 e. The van der Waals surface area contributed by atoms with E-state index < -0.39 is 9.84 Å². The fourth-order valence-electron chi connectivity index (χ4n) is 0.949. The molecule has 0 spiro atoms. The van der Waals surface area contributed by atoms with E-state index in [4.69, 9.17) is 11.5 Å². The number of nitrogen functional groups attached to an aromatic ring is 2. The molecule has 0 atom stereocenters. The molecule has 0 aliphatic heterocycles. The highest BCUT2D eigenvalue weighted by atomic mass is 32.2. The van der Waals surface area contributed by atoms with Crippen molar-refractivity contribution in [1.29, 1.82) is 0 Å². The number of nitrogens with two attached hydrogens (primary N) is 2. The molecule has 0 saturated carbocycles. The Labute approximate surface area is 88.6 Å². The van der Waals surface area contributed by atoms with Gasteiger partial charge in [-0.1, -0.05) is 0 Å². The Bertz CT molecular complexity index is 444. The maximum absolute atomic E-state index is 10.8. The second kappa shape index (κ2) is 4.35. The SMILES string of the molecule is CS(=O)(=O)CCNc1ccc(N)c(N)n1. The van der Waals surface area contributed by atoms with Crippen molar-refractivity contribution in [2.24, 2.45) is 0 Å². The number of hydrogen-bond donors (Lipinski definition) is 3. The van der Waals surface area contributed by atoms with Crippen LogP contribution in [0.1, 0.15) is 0 Å². The molecule has 0 amide bonds. The van der Waals surface area contributed by atoms with Crippen molar-refractivity contribution in [2.75, 3.05) is 35.3 Å². The van der Waals surface area contributed by atoms with Gasteiger partial charge in [0.05, 0.1) is 11.4 Å². The van der Waals surface area contributed by atoms with E-state index in [1.807, 2.05) is 0 Å². The van der Waals surface area contributed by atoms with Gasteiger partial charge in [-0.25, -0.2) is 13.4 Å². The van der Waals surface area contributed by atoms with Crippen molar-refractivity contribution in [3.63, 3.8) is 0 Å². The lowest BCUT2D eigenvalue weighted by molar-refractivity contribution is 0.602. The Balaban J connectivity index is 2.55. The zero-order valence-corrected chi connectivity index (χ0v) is 9.21. The molecule has 0 unspecified atom stereocenters. The molecule has 0 bridgehead atoms. The van der Waals surface area contributed by atoms with Crippen LogP contribution in [-0.2, 0) is 9.84 Å². The normalized spacial score (nSPS) is 11.3. The van der Waals surface area contributed by atoms with Crippen LogP contribution >= 0.6 is 0 Å². The van der Waals surface area contributed by atoms with Crippen molar-refractivity contribution in [3.8, 4) is 0 Å². The van der Waals surface area contributed by atoms with Gasteiger partial charge in [0, 0.05) is 12.8 Å². The second-order valence-electron chi connectivity index (χ2n) is 3.23. The highest BCUT2D eigenvalue weighted by molar-refractivity contribution is 7.90. The Hall–Kier alpha value is -1.50. The Morgan fingerprint density at radius 2 is 2.07 bits per heavy atom. The van der Waals surface area contributed by atoms with Gasteiger partial charge in [0.2, 0.25) is 0 Å². The van der Waals surface area contributed by atoms with E-state index in [2.05, 4.69) is 10.3 Å². The Morgan fingerprint density at radius 3 is 2.60 bits per heavy atom. The predicted molar refractivity (Wildman–Crippen MR) is 61.3 cm³/mol. The summed E-state index contributed by atoms with van der Waals surface area (Å²) in [6, 6.07) is 3.26. The molecule has 15 heavy (non-hydrogen) atoms. The van der Waals surface area contributed by atoms with Gasteiger partial charge in [-0.05, 0) is 12.1 Å². The average Bonchev–Trinajstić information content (AvgIpc) is 2.09. The van der Waals surface area contributed by atoms with Gasteiger partial charge in [-0.3, -0.25) is 0 Å². The number of nitrogens with one attached hydrogen (secondary N) is 1. The maximum atomic E-state index is 10.8. The number of anilines is 3. The van der Waals surface area contributed by atoms with Gasteiger partial charge < -0.3 is 16.8 Å². The summed E-state index contributed by atoms with van der Waals surface area (Å²) in [5.74, 6) is 0.809. The summed E-state index contributed by atoms with van der Waals surface area (Å²) in [6.07, 6.45) is 1.18. The molecule has 0 aliphatic carbocycles. The van der Waals surface area contributed by atoms with Crippen LogP contribution in [0.2, 0.25) is 0 Å². The zero-order valence-electron chi connectivity index (χ0n) is 8.40. The summed E-state index contributed by atoms with van der Waals surface area (Å²) < 4.78 is 21.7. The first-order valence-electron chi connectivity index (χ1n) is 4.32. The Kier molecular flexibility index (Phi) is 3.35. The lowest BCUT2D eigenvalue weighted by Gasteiger charge is -2.06. The Morgan fingerprint density at radius 1 is 1.40 bits per heavy atom. The quantitative estimate of drug-likeness (QED) is 0.655. The van der Waals surface area contributed by atoms with Gasteiger partial charge in [-0.2, -0.15) is 0 Å². The van der Waals surface area contributed by atoms with Crippen LogP contribution in [0, 0.1) is 0 Å². The molecule has 84 valence electrons. The number of rotatable bonds is 4. The zero-order chi connectivity index (χ0) is 11.5. The third-order valence-corrected chi connectivity index (χ3v) is 2.68. The first-order valence-corrected chi connectivity index (χ1v) is 6.38. The van der Waals surface area contributed by atoms with Crippen molar-refractivity contribution < 1.29 is 8.42 Å². The third kappa shape index (κ3) is 4.03. The van der Waals surface area contributed by atoms with Crippen LogP contribution < -0.4 is 16.8 Å². The summed E-state index contributed by atoms with van der Waals surface area (Å²) >= 11 is 0. The van der Waals surface area contributed by atoms with Crippen LogP contribution in [0.25, 0.3) is 0 Å². The summed E-state index contributed by atoms with van der Waals surface area (Å²) in [4.78, 5) is 3.94.